The van der Waals surface area contributed by atoms with Gasteiger partial charge < -0.3 is 9.47 Å². The topological polar surface area (TPSA) is 65.5 Å². The van der Waals surface area contributed by atoms with Gasteiger partial charge in [-0.2, -0.15) is 0 Å². The zero-order valence-corrected chi connectivity index (χ0v) is 16.3. The molecule has 0 atom stereocenters. The van der Waals surface area contributed by atoms with E-state index in [-0.39, 0.29) is 24.3 Å². The van der Waals surface area contributed by atoms with E-state index >= 15 is 0 Å². The van der Waals surface area contributed by atoms with Gasteiger partial charge in [0.2, 0.25) is 0 Å². The molecule has 0 fully saturated rings. The Kier molecular flexibility index (Phi) is 6.31. The number of carbonyl (C=O) groups is 2. The smallest absolute Gasteiger partial charge is 0.340 e. The van der Waals surface area contributed by atoms with Crippen LogP contribution in [-0.4, -0.2) is 30.1 Å². The summed E-state index contributed by atoms with van der Waals surface area (Å²) in [6.45, 7) is 7.40. The van der Waals surface area contributed by atoms with Gasteiger partial charge in [-0.15, -0.1) is 0 Å². The van der Waals surface area contributed by atoms with Gasteiger partial charge in [-0.05, 0) is 39.3 Å². The quantitative estimate of drug-likeness (QED) is 0.685. The molecular formula is C19H20BrNO4. The summed E-state index contributed by atoms with van der Waals surface area (Å²) < 4.78 is 11.2. The number of esters is 2. The summed E-state index contributed by atoms with van der Waals surface area (Å²) in [6.07, 6.45) is 0. The van der Waals surface area contributed by atoms with Crippen LogP contribution in [0.4, 0.5) is 0 Å². The summed E-state index contributed by atoms with van der Waals surface area (Å²) in [7, 11) is 0. The average Bonchev–Trinajstić information content (AvgIpc) is 2.54. The van der Waals surface area contributed by atoms with E-state index in [1.165, 1.54) is 0 Å². The Bertz CT molecular complexity index is 775. The van der Waals surface area contributed by atoms with Gasteiger partial charge in [0.25, 0.3) is 0 Å². The third-order valence-corrected chi connectivity index (χ3v) is 4.35. The predicted octanol–water partition coefficient (Wildman–Crippen LogP) is 4.48. The number of nitrogens with zero attached hydrogens (tertiary/aromatic N) is 1. The van der Waals surface area contributed by atoms with E-state index in [1.54, 1.807) is 27.7 Å². The van der Waals surface area contributed by atoms with Gasteiger partial charge in [0.1, 0.15) is 0 Å². The van der Waals surface area contributed by atoms with Crippen LogP contribution in [0.2, 0.25) is 0 Å². The molecule has 0 saturated heterocycles. The first-order valence-corrected chi connectivity index (χ1v) is 8.81. The first-order valence-electron chi connectivity index (χ1n) is 8.02. The van der Waals surface area contributed by atoms with Crippen LogP contribution in [0.25, 0.3) is 11.1 Å². The number of halogens is 1. The lowest BCUT2D eigenvalue weighted by Gasteiger charge is -2.18. The Morgan fingerprint density at radius 3 is 1.88 bits per heavy atom. The number of pyridine rings is 1. The fourth-order valence-electron chi connectivity index (χ4n) is 2.69. The number of carbonyl (C=O) groups excluding carboxylic acids is 2. The van der Waals surface area contributed by atoms with Crippen LogP contribution in [0.3, 0.4) is 0 Å². The minimum absolute atomic E-state index is 0.232. The predicted molar refractivity (Wildman–Crippen MR) is 98.8 cm³/mol. The first-order chi connectivity index (χ1) is 11.9. The van der Waals surface area contributed by atoms with Crippen LogP contribution in [0.5, 0.6) is 0 Å². The summed E-state index contributed by atoms with van der Waals surface area (Å²) in [6, 6.07) is 7.39. The van der Waals surface area contributed by atoms with Crippen molar-refractivity contribution in [2.45, 2.75) is 27.7 Å². The molecule has 0 aliphatic rings. The normalized spacial score (nSPS) is 10.4. The SMILES string of the molecule is CCOC(=O)c1c(C)nc(C)c(C(=O)OCC)c1-c1ccccc1Br. The summed E-state index contributed by atoms with van der Waals surface area (Å²) in [5, 5.41) is 0. The second-order valence-corrected chi connectivity index (χ2v) is 6.18. The van der Waals surface area contributed by atoms with E-state index in [4.69, 9.17) is 9.47 Å². The highest BCUT2D eigenvalue weighted by Crippen LogP contribution is 2.36. The number of hydrogen-bond donors (Lipinski definition) is 0. The van der Waals surface area contributed by atoms with Crippen molar-refractivity contribution in [3.63, 3.8) is 0 Å². The van der Waals surface area contributed by atoms with Crippen molar-refractivity contribution in [2.75, 3.05) is 13.2 Å². The molecule has 1 heterocycles. The zero-order valence-electron chi connectivity index (χ0n) is 14.7. The maximum Gasteiger partial charge on any atom is 0.340 e. The molecule has 0 amide bonds. The van der Waals surface area contributed by atoms with Crippen LogP contribution in [0.1, 0.15) is 46.0 Å². The highest BCUT2D eigenvalue weighted by molar-refractivity contribution is 9.10. The van der Waals surface area contributed by atoms with Crippen LogP contribution >= 0.6 is 15.9 Å². The number of aryl methyl sites for hydroxylation is 2. The van der Waals surface area contributed by atoms with Crippen LogP contribution in [-0.2, 0) is 9.47 Å². The number of aromatic nitrogens is 1. The average molecular weight is 406 g/mol. The van der Waals surface area contributed by atoms with Gasteiger partial charge in [0, 0.05) is 10.0 Å². The monoisotopic (exact) mass is 405 g/mol. The van der Waals surface area contributed by atoms with E-state index < -0.39 is 11.9 Å². The van der Waals surface area contributed by atoms with Crippen molar-refractivity contribution in [3.05, 3.63) is 51.3 Å². The molecule has 0 aliphatic carbocycles. The number of rotatable bonds is 5. The molecule has 6 heteroatoms. The minimum Gasteiger partial charge on any atom is -0.462 e. The van der Waals surface area contributed by atoms with E-state index in [0.29, 0.717) is 22.5 Å². The van der Waals surface area contributed by atoms with Gasteiger partial charge in [0.05, 0.1) is 35.7 Å². The molecule has 0 aliphatic heterocycles. The van der Waals surface area contributed by atoms with Crippen molar-refractivity contribution in [3.8, 4) is 11.1 Å². The van der Waals surface area contributed by atoms with Crippen molar-refractivity contribution >= 4 is 27.9 Å². The molecule has 132 valence electrons. The molecule has 0 saturated carbocycles. The van der Waals surface area contributed by atoms with Gasteiger partial charge in [-0.25, -0.2) is 9.59 Å². The van der Waals surface area contributed by atoms with Gasteiger partial charge >= 0.3 is 11.9 Å². The van der Waals surface area contributed by atoms with Gasteiger partial charge in [-0.3, -0.25) is 4.98 Å². The van der Waals surface area contributed by atoms with Crippen molar-refractivity contribution in [2.24, 2.45) is 0 Å². The standard InChI is InChI=1S/C19H20BrNO4/c1-5-24-18(22)15-11(3)21-12(4)16(19(23)25-6-2)17(15)13-9-7-8-10-14(13)20/h7-10H,5-6H2,1-4H3. The molecule has 0 N–H and O–H groups in total. The molecule has 2 rings (SSSR count). The second-order valence-electron chi connectivity index (χ2n) is 5.33. The lowest BCUT2D eigenvalue weighted by Crippen LogP contribution is -2.17. The zero-order chi connectivity index (χ0) is 18.6. The number of ether oxygens (including phenoxy) is 2. The van der Waals surface area contributed by atoms with Crippen molar-refractivity contribution < 1.29 is 19.1 Å². The highest BCUT2D eigenvalue weighted by atomic mass is 79.9. The Morgan fingerprint density at radius 2 is 1.44 bits per heavy atom. The summed E-state index contributed by atoms with van der Waals surface area (Å²) >= 11 is 3.50. The molecule has 0 unspecified atom stereocenters. The Balaban J connectivity index is 2.89. The molecule has 5 nitrogen and oxygen atoms in total. The van der Waals surface area contributed by atoms with E-state index in [0.717, 1.165) is 4.47 Å². The maximum absolute atomic E-state index is 12.6. The maximum atomic E-state index is 12.6. The summed E-state index contributed by atoms with van der Waals surface area (Å²) in [5.41, 5.74) is 2.77. The molecule has 2 aromatic rings. The summed E-state index contributed by atoms with van der Waals surface area (Å²) in [4.78, 5) is 29.5. The molecule has 0 bridgehead atoms. The Morgan fingerprint density at radius 1 is 0.960 bits per heavy atom. The molecule has 0 spiro atoms. The number of benzene rings is 1. The molecule has 0 radical (unpaired) electrons. The molecule has 1 aromatic heterocycles. The first kappa shape index (κ1) is 19.1. The van der Waals surface area contributed by atoms with Crippen LogP contribution in [0.15, 0.2) is 28.7 Å². The lowest BCUT2D eigenvalue weighted by atomic mass is 9.92. The summed E-state index contributed by atoms with van der Waals surface area (Å²) in [5.74, 6) is -1.02. The van der Waals surface area contributed by atoms with Crippen LogP contribution in [0, 0.1) is 13.8 Å². The third kappa shape index (κ3) is 3.90. The van der Waals surface area contributed by atoms with E-state index in [2.05, 4.69) is 20.9 Å². The largest absolute Gasteiger partial charge is 0.462 e. The number of hydrogen-bond acceptors (Lipinski definition) is 5. The Labute approximate surface area is 155 Å². The molecule has 1 aromatic carbocycles. The molecule has 25 heavy (non-hydrogen) atoms. The van der Waals surface area contributed by atoms with E-state index in [1.807, 2.05) is 24.3 Å². The lowest BCUT2D eigenvalue weighted by molar-refractivity contribution is 0.0525. The molecular weight excluding hydrogens is 386 g/mol. The van der Waals surface area contributed by atoms with Crippen molar-refractivity contribution in [1.82, 2.24) is 4.98 Å². The fourth-order valence-corrected chi connectivity index (χ4v) is 3.17. The second kappa shape index (κ2) is 8.25. The van der Waals surface area contributed by atoms with Crippen LogP contribution < -0.4 is 0 Å². The Hall–Kier alpha value is -2.21. The van der Waals surface area contributed by atoms with E-state index in [9.17, 15) is 9.59 Å². The van der Waals surface area contributed by atoms with Gasteiger partial charge in [0.15, 0.2) is 0 Å². The van der Waals surface area contributed by atoms with Gasteiger partial charge in [-0.1, -0.05) is 34.1 Å². The highest BCUT2D eigenvalue weighted by Gasteiger charge is 2.28. The fraction of sp³-hybridized carbons (Fsp3) is 0.316. The minimum atomic E-state index is -0.510. The third-order valence-electron chi connectivity index (χ3n) is 3.66. The van der Waals surface area contributed by atoms with Crippen molar-refractivity contribution in [1.29, 1.82) is 0 Å².